The normalized spacial score (nSPS) is 10.3. The average molecular weight is 342 g/mol. The van der Waals surface area contributed by atoms with E-state index >= 15 is 0 Å². The number of benzene rings is 2. The fourth-order valence-corrected chi connectivity index (χ4v) is 2.25. The van der Waals surface area contributed by atoms with E-state index < -0.39 is 0 Å². The summed E-state index contributed by atoms with van der Waals surface area (Å²) in [5.74, 6) is 1.66. The largest absolute Gasteiger partial charge is 0.490 e. The van der Waals surface area contributed by atoms with Crippen LogP contribution in [0.3, 0.4) is 0 Å². The SMILES string of the molecule is Cc1cc(Cl)ccc1OCCOc1cccc(Br)c1. The van der Waals surface area contributed by atoms with Crippen LogP contribution >= 0.6 is 27.5 Å². The third-order valence-corrected chi connectivity index (χ3v) is 3.27. The summed E-state index contributed by atoms with van der Waals surface area (Å²) >= 11 is 9.29. The monoisotopic (exact) mass is 340 g/mol. The smallest absolute Gasteiger partial charge is 0.122 e. The number of hydrogen-bond donors (Lipinski definition) is 0. The molecule has 2 rings (SSSR count). The first-order valence-corrected chi connectivity index (χ1v) is 7.09. The fraction of sp³-hybridized carbons (Fsp3) is 0.200. The molecule has 0 spiro atoms. The number of hydrogen-bond acceptors (Lipinski definition) is 2. The Morgan fingerprint density at radius 2 is 1.84 bits per heavy atom. The Hall–Kier alpha value is -1.19. The van der Waals surface area contributed by atoms with Crippen molar-refractivity contribution in [2.75, 3.05) is 13.2 Å². The quantitative estimate of drug-likeness (QED) is 0.722. The maximum atomic E-state index is 5.89. The number of ether oxygens (including phenoxy) is 2. The van der Waals surface area contributed by atoms with Crippen LogP contribution in [0.5, 0.6) is 11.5 Å². The van der Waals surface area contributed by atoms with Crippen molar-refractivity contribution < 1.29 is 9.47 Å². The molecular formula is C15H14BrClO2. The van der Waals surface area contributed by atoms with Crippen LogP contribution in [0.15, 0.2) is 46.9 Å². The molecule has 100 valence electrons. The summed E-state index contributed by atoms with van der Waals surface area (Å²) in [6.07, 6.45) is 0. The van der Waals surface area contributed by atoms with Crippen molar-refractivity contribution in [3.8, 4) is 11.5 Å². The zero-order chi connectivity index (χ0) is 13.7. The van der Waals surface area contributed by atoms with E-state index in [0.717, 1.165) is 26.6 Å². The minimum atomic E-state index is 0.495. The Morgan fingerprint density at radius 1 is 1.05 bits per heavy atom. The van der Waals surface area contributed by atoms with Gasteiger partial charge in [0.15, 0.2) is 0 Å². The molecule has 0 atom stereocenters. The van der Waals surface area contributed by atoms with Gasteiger partial charge in [-0.05, 0) is 48.9 Å². The van der Waals surface area contributed by atoms with Crippen LogP contribution < -0.4 is 9.47 Å². The lowest BCUT2D eigenvalue weighted by atomic mass is 10.2. The minimum Gasteiger partial charge on any atom is -0.490 e. The van der Waals surface area contributed by atoms with E-state index in [-0.39, 0.29) is 0 Å². The van der Waals surface area contributed by atoms with Gasteiger partial charge >= 0.3 is 0 Å². The highest BCUT2D eigenvalue weighted by Gasteiger charge is 2.00. The molecule has 19 heavy (non-hydrogen) atoms. The zero-order valence-corrected chi connectivity index (χ0v) is 12.9. The highest BCUT2D eigenvalue weighted by Crippen LogP contribution is 2.22. The molecule has 2 aromatic carbocycles. The summed E-state index contributed by atoms with van der Waals surface area (Å²) < 4.78 is 12.2. The van der Waals surface area contributed by atoms with Gasteiger partial charge in [0.2, 0.25) is 0 Å². The Kier molecular flexibility index (Phi) is 5.11. The van der Waals surface area contributed by atoms with Gasteiger partial charge in [0.05, 0.1) is 0 Å². The molecule has 0 aliphatic heterocycles. The molecule has 0 aromatic heterocycles. The first kappa shape index (κ1) is 14.2. The molecule has 0 N–H and O–H groups in total. The van der Waals surface area contributed by atoms with Gasteiger partial charge in [-0.25, -0.2) is 0 Å². The topological polar surface area (TPSA) is 18.5 Å². The third kappa shape index (κ3) is 4.44. The third-order valence-electron chi connectivity index (χ3n) is 2.54. The lowest BCUT2D eigenvalue weighted by Gasteiger charge is -2.10. The lowest BCUT2D eigenvalue weighted by Crippen LogP contribution is -2.09. The molecule has 2 aromatic rings. The van der Waals surface area contributed by atoms with E-state index in [1.165, 1.54) is 0 Å². The first-order valence-electron chi connectivity index (χ1n) is 5.92. The summed E-state index contributed by atoms with van der Waals surface area (Å²) in [5, 5.41) is 0.718. The van der Waals surface area contributed by atoms with Crippen molar-refractivity contribution >= 4 is 27.5 Å². The lowest BCUT2D eigenvalue weighted by molar-refractivity contribution is 0.216. The van der Waals surface area contributed by atoms with Crippen molar-refractivity contribution in [3.63, 3.8) is 0 Å². The van der Waals surface area contributed by atoms with Crippen molar-refractivity contribution in [2.24, 2.45) is 0 Å². The van der Waals surface area contributed by atoms with Gasteiger partial charge < -0.3 is 9.47 Å². The van der Waals surface area contributed by atoms with Gasteiger partial charge in [-0.1, -0.05) is 33.6 Å². The van der Waals surface area contributed by atoms with E-state index in [2.05, 4.69) is 15.9 Å². The van der Waals surface area contributed by atoms with Gasteiger partial charge in [0.25, 0.3) is 0 Å². The minimum absolute atomic E-state index is 0.495. The predicted octanol–water partition coefficient (Wildman–Crippen LogP) is 4.87. The zero-order valence-electron chi connectivity index (χ0n) is 10.5. The van der Waals surface area contributed by atoms with Crippen LogP contribution in [0.2, 0.25) is 5.02 Å². The summed E-state index contributed by atoms with van der Waals surface area (Å²) in [6, 6.07) is 13.3. The number of rotatable bonds is 5. The van der Waals surface area contributed by atoms with E-state index in [9.17, 15) is 0 Å². The van der Waals surface area contributed by atoms with Gasteiger partial charge in [0.1, 0.15) is 24.7 Å². The molecule has 0 amide bonds. The molecule has 0 aliphatic rings. The summed E-state index contributed by atoms with van der Waals surface area (Å²) in [7, 11) is 0. The van der Waals surface area contributed by atoms with E-state index in [1.54, 1.807) is 0 Å². The molecular weight excluding hydrogens is 328 g/mol. The maximum Gasteiger partial charge on any atom is 0.122 e. The van der Waals surface area contributed by atoms with Gasteiger partial charge in [-0.15, -0.1) is 0 Å². The molecule has 0 saturated carbocycles. The van der Waals surface area contributed by atoms with Crippen molar-refractivity contribution in [1.82, 2.24) is 0 Å². The second kappa shape index (κ2) is 6.83. The van der Waals surface area contributed by atoms with Crippen molar-refractivity contribution in [2.45, 2.75) is 6.92 Å². The molecule has 4 heteroatoms. The van der Waals surface area contributed by atoms with Crippen LogP contribution in [0.1, 0.15) is 5.56 Å². The highest BCUT2D eigenvalue weighted by molar-refractivity contribution is 9.10. The molecule has 0 unspecified atom stereocenters. The molecule has 0 heterocycles. The first-order chi connectivity index (χ1) is 9.15. The number of halogens is 2. The molecule has 0 bridgehead atoms. The number of aryl methyl sites for hydroxylation is 1. The van der Waals surface area contributed by atoms with Crippen LogP contribution in [-0.4, -0.2) is 13.2 Å². The van der Waals surface area contributed by atoms with E-state index in [4.69, 9.17) is 21.1 Å². The molecule has 2 nitrogen and oxygen atoms in total. The Labute approximate surface area is 126 Å². The second-order valence-corrected chi connectivity index (χ2v) is 5.42. The predicted molar refractivity (Wildman–Crippen MR) is 81.3 cm³/mol. The van der Waals surface area contributed by atoms with Crippen LogP contribution in [0.25, 0.3) is 0 Å². The standard InChI is InChI=1S/C15H14BrClO2/c1-11-9-13(17)5-6-15(11)19-8-7-18-14-4-2-3-12(16)10-14/h2-6,9-10H,7-8H2,1H3. The van der Waals surface area contributed by atoms with E-state index in [0.29, 0.717) is 13.2 Å². The van der Waals surface area contributed by atoms with Crippen LogP contribution in [-0.2, 0) is 0 Å². The Morgan fingerprint density at radius 3 is 2.58 bits per heavy atom. The second-order valence-electron chi connectivity index (χ2n) is 4.06. The highest BCUT2D eigenvalue weighted by atomic mass is 79.9. The summed E-state index contributed by atoms with van der Waals surface area (Å²) in [6.45, 7) is 2.96. The maximum absolute atomic E-state index is 5.89. The Bertz CT molecular complexity index is 558. The van der Waals surface area contributed by atoms with Crippen LogP contribution in [0, 0.1) is 6.92 Å². The molecule has 0 saturated heterocycles. The molecule has 0 fully saturated rings. The van der Waals surface area contributed by atoms with Gasteiger partial charge in [-0.3, -0.25) is 0 Å². The van der Waals surface area contributed by atoms with Crippen molar-refractivity contribution in [3.05, 3.63) is 57.5 Å². The van der Waals surface area contributed by atoms with Crippen molar-refractivity contribution in [1.29, 1.82) is 0 Å². The average Bonchev–Trinajstić information content (AvgIpc) is 2.37. The Balaban J connectivity index is 1.81. The van der Waals surface area contributed by atoms with E-state index in [1.807, 2.05) is 49.4 Å². The summed E-state index contributed by atoms with van der Waals surface area (Å²) in [5.41, 5.74) is 1.02. The fourth-order valence-electron chi connectivity index (χ4n) is 1.64. The van der Waals surface area contributed by atoms with Gasteiger partial charge in [0, 0.05) is 9.50 Å². The molecule has 0 radical (unpaired) electrons. The van der Waals surface area contributed by atoms with Crippen LogP contribution in [0.4, 0.5) is 0 Å². The summed E-state index contributed by atoms with van der Waals surface area (Å²) in [4.78, 5) is 0. The van der Waals surface area contributed by atoms with Gasteiger partial charge in [-0.2, -0.15) is 0 Å². The molecule has 0 aliphatic carbocycles.